The molecule has 0 aromatic rings. The summed E-state index contributed by atoms with van der Waals surface area (Å²) in [6.45, 7) is 2.40. The van der Waals surface area contributed by atoms with Gasteiger partial charge < -0.3 is 10.5 Å². The summed E-state index contributed by atoms with van der Waals surface area (Å²) in [5, 5.41) is 1.94. The van der Waals surface area contributed by atoms with Crippen LogP contribution in [0.5, 0.6) is 0 Å². The molecule has 0 aromatic carbocycles. The monoisotopic (exact) mass is 127 g/mol. The first-order valence-corrected chi connectivity index (χ1v) is 3.00. The second-order valence-electron chi connectivity index (χ2n) is 2.17. The van der Waals surface area contributed by atoms with E-state index in [0.717, 1.165) is 31.3 Å². The average Bonchev–Trinajstić information content (AvgIpc) is 2.35. The predicted octanol–water partition coefficient (Wildman–Crippen LogP) is -1.04. The standard InChI is InChI=1S/C5H9N3O/c6-4-3-7-8-1-2-9-5(4)8/h7H,1-3,6H2. The second kappa shape index (κ2) is 1.54. The van der Waals surface area contributed by atoms with Crippen molar-refractivity contribution < 1.29 is 4.74 Å². The summed E-state index contributed by atoms with van der Waals surface area (Å²) in [5.41, 5.74) is 9.46. The van der Waals surface area contributed by atoms with Gasteiger partial charge in [-0.3, -0.25) is 5.01 Å². The lowest BCUT2D eigenvalue weighted by Gasteiger charge is -2.07. The molecule has 1 saturated heterocycles. The van der Waals surface area contributed by atoms with Crippen molar-refractivity contribution in [2.45, 2.75) is 0 Å². The Bertz CT molecular complexity index is 166. The molecule has 9 heavy (non-hydrogen) atoms. The maximum absolute atomic E-state index is 5.57. The number of hydrazine groups is 1. The van der Waals surface area contributed by atoms with Crippen molar-refractivity contribution in [3.8, 4) is 0 Å². The molecule has 2 aliphatic heterocycles. The van der Waals surface area contributed by atoms with E-state index in [4.69, 9.17) is 10.5 Å². The Morgan fingerprint density at radius 2 is 2.56 bits per heavy atom. The van der Waals surface area contributed by atoms with E-state index in [1.807, 2.05) is 5.01 Å². The number of ether oxygens (including phenoxy) is 1. The molecule has 2 heterocycles. The molecule has 0 bridgehead atoms. The normalized spacial score (nSPS) is 24.7. The van der Waals surface area contributed by atoms with E-state index < -0.39 is 0 Å². The minimum Gasteiger partial charge on any atom is -0.475 e. The first-order chi connectivity index (χ1) is 4.38. The first kappa shape index (κ1) is 4.93. The lowest BCUT2D eigenvalue weighted by Crippen LogP contribution is -2.29. The smallest absolute Gasteiger partial charge is 0.225 e. The van der Waals surface area contributed by atoms with E-state index in [2.05, 4.69) is 5.43 Å². The van der Waals surface area contributed by atoms with E-state index in [9.17, 15) is 0 Å². The van der Waals surface area contributed by atoms with Gasteiger partial charge in [0.2, 0.25) is 5.88 Å². The van der Waals surface area contributed by atoms with Crippen molar-refractivity contribution in [1.29, 1.82) is 0 Å². The largest absolute Gasteiger partial charge is 0.475 e. The van der Waals surface area contributed by atoms with E-state index >= 15 is 0 Å². The van der Waals surface area contributed by atoms with Gasteiger partial charge in [-0.25, -0.2) is 5.43 Å². The van der Waals surface area contributed by atoms with E-state index in [1.54, 1.807) is 0 Å². The van der Waals surface area contributed by atoms with Crippen LogP contribution in [0.4, 0.5) is 0 Å². The molecule has 2 rings (SSSR count). The molecule has 0 aliphatic carbocycles. The zero-order valence-electron chi connectivity index (χ0n) is 5.05. The highest BCUT2D eigenvalue weighted by Gasteiger charge is 2.26. The first-order valence-electron chi connectivity index (χ1n) is 3.00. The number of nitrogens with one attached hydrogen (secondary N) is 1. The molecular weight excluding hydrogens is 118 g/mol. The summed E-state index contributed by atoms with van der Waals surface area (Å²) in [7, 11) is 0. The summed E-state index contributed by atoms with van der Waals surface area (Å²) < 4.78 is 5.21. The minimum atomic E-state index is 0.731. The number of hydrogen-bond donors (Lipinski definition) is 2. The molecule has 0 spiro atoms. The van der Waals surface area contributed by atoms with Crippen molar-refractivity contribution in [1.82, 2.24) is 10.4 Å². The molecule has 0 aromatic heterocycles. The third-order valence-electron chi connectivity index (χ3n) is 1.53. The Kier molecular flexibility index (Phi) is 0.843. The SMILES string of the molecule is NC1=C2OCCN2NC1. The van der Waals surface area contributed by atoms with Gasteiger partial charge >= 0.3 is 0 Å². The fraction of sp³-hybridized carbons (Fsp3) is 0.600. The zero-order valence-corrected chi connectivity index (χ0v) is 5.05. The van der Waals surface area contributed by atoms with Crippen molar-refractivity contribution in [3.63, 3.8) is 0 Å². The van der Waals surface area contributed by atoms with Crippen LogP contribution in [0, 0.1) is 0 Å². The van der Waals surface area contributed by atoms with Gasteiger partial charge in [-0.2, -0.15) is 0 Å². The molecule has 4 heteroatoms. The number of rotatable bonds is 0. The fourth-order valence-electron chi connectivity index (χ4n) is 1.09. The molecule has 50 valence electrons. The van der Waals surface area contributed by atoms with Crippen molar-refractivity contribution >= 4 is 0 Å². The van der Waals surface area contributed by atoms with Gasteiger partial charge in [0.25, 0.3) is 0 Å². The highest BCUT2D eigenvalue weighted by molar-refractivity contribution is 5.11. The van der Waals surface area contributed by atoms with Crippen LogP contribution in [0.1, 0.15) is 0 Å². The molecule has 0 atom stereocenters. The predicted molar refractivity (Wildman–Crippen MR) is 31.9 cm³/mol. The Morgan fingerprint density at radius 1 is 1.67 bits per heavy atom. The molecule has 1 fully saturated rings. The highest BCUT2D eigenvalue weighted by atomic mass is 16.5. The Morgan fingerprint density at radius 3 is 3.33 bits per heavy atom. The maximum Gasteiger partial charge on any atom is 0.225 e. The van der Waals surface area contributed by atoms with Gasteiger partial charge in [-0.05, 0) is 0 Å². The molecule has 0 saturated carbocycles. The van der Waals surface area contributed by atoms with Crippen LogP contribution in [0.2, 0.25) is 0 Å². The average molecular weight is 127 g/mol. The summed E-state index contributed by atoms with van der Waals surface area (Å²) in [5.74, 6) is 0.829. The van der Waals surface area contributed by atoms with Gasteiger partial charge in [0.15, 0.2) is 0 Å². The Hall–Kier alpha value is -0.900. The lowest BCUT2D eigenvalue weighted by molar-refractivity contribution is 0.225. The van der Waals surface area contributed by atoms with Crippen LogP contribution < -0.4 is 11.2 Å². The number of hydrogen-bond acceptors (Lipinski definition) is 4. The second-order valence-corrected chi connectivity index (χ2v) is 2.17. The molecule has 0 unspecified atom stereocenters. The maximum atomic E-state index is 5.57. The third-order valence-corrected chi connectivity index (χ3v) is 1.53. The van der Waals surface area contributed by atoms with Gasteiger partial charge in [0, 0.05) is 0 Å². The topological polar surface area (TPSA) is 50.5 Å². The van der Waals surface area contributed by atoms with Crippen LogP contribution in [0.15, 0.2) is 11.6 Å². The molecule has 4 nitrogen and oxygen atoms in total. The van der Waals surface area contributed by atoms with Crippen LogP contribution in [-0.4, -0.2) is 24.7 Å². The fourth-order valence-corrected chi connectivity index (χ4v) is 1.09. The summed E-state index contributed by atoms with van der Waals surface area (Å²) in [4.78, 5) is 0. The van der Waals surface area contributed by atoms with E-state index in [1.165, 1.54) is 0 Å². The van der Waals surface area contributed by atoms with E-state index in [-0.39, 0.29) is 0 Å². The summed E-state index contributed by atoms with van der Waals surface area (Å²) >= 11 is 0. The van der Waals surface area contributed by atoms with Crippen molar-refractivity contribution in [3.05, 3.63) is 11.6 Å². The number of nitrogens with zero attached hydrogens (tertiary/aromatic N) is 1. The number of nitrogens with two attached hydrogens (primary N) is 1. The summed E-state index contributed by atoms with van der Waals surface area (Å²) in [6, 6.07) is 0. The number of fused-ring (bicyclic) bond motifs is 1. The molecule has 0 amide bonds. The van der Waals surface area contributed by atoms with Gasteiger partial charge in [-0.1, -0.05) is 0 Å². The van der Waals surface area contributed by atoms with Gasteiger partial charge in [0.1, 0.15) is 6.61 Å². The Balaban J connectivity index is 2.28. The molecule has 3 N–H and O–H groups in total. The molecular formula is C5H9N3O. The summed E-state index contributed by atoms with van der Waals surface area (Å²) in [6.07, 6.45) is 0. The zero-order chi connectivity index (χ0) is 6.27. The van der Waals surface area contributed by atoms with Crippen molar-refractivity contribution in [2.24, 2.45) is 5.73 Å². The third kappa shape index (κ3) is 0.564. The van der Waals surface area contributed by atoms with Crippen LogP contribution in [-0.2, 0) is 4.74 Å². The molecule has 0 radical (unpaired) electrons. The van der Waals surface area contributed by atoms with Gasteiger partial charge in [-0.15, -0.1) is 0 Å². The quantitative estimate of drug-likeness (QED) is 0.436. The van der Waals surface area contributed by atoms with Gasteiger partial charge in [0.05, 0.1) is 18.8 Å². The van der Waals surface area contributed by atoms with Crippen LogP contribution in [0.25, 0.3) is 0 Å². The van der Waals surface area contributed by atoms with E-state index in [0.29, 0.717) is 0 Å². The van der Waals surface area contributed by atoms with Crippen LogP contribution >= 0.6 is 0 Å². The molecule has 2 aliphatic rings. The highest BCUT2D eigenvalue weighted by Crippen LogP contribution is 2.17. The van der Waals surface area contributed by atoms with Crippen LogP contribution in [0.3, 0.4) is 0 Å². The Labute approximate surface area is 53.2 Å². The minimum absolute atomic E-state index is 0.731. The van der Waals surface area contributed by atoms with Crippen molar-refractivity contribution in [2.75, 3.05) is 19.7 Å². The lowest BCUT2D eigenvalue weighted by atomic mass is 10.5.